The van der Waals surface area contributed by atoms with Gasteiger partial charge in [0, 0.05) is 23.0 Å². The Kier molecular flexibility index (Phi) is 2.51. The minimum Gasteiger partial charge on any atom is -0.264 e. The summed E-state index contributed by atoms with van der Waals surface area (Å²) in [4.78, 5) is 4.11. The van der Waals surface area contributed by atoms with Gasteiger partial charge in [0.05, 0.1) is 0 Å². The molecule has 1 aromatic carbocycles. The van der Waals surface area contributed by atoms with E-state index in [9.17, 15) is 0 Å². The number of aryl methyl sites for hydroxylation is 1. The lowest BCUT2D eigenvalue weighted by molar-refractivity contribution is 1.29. The summed E-state index contributed by atoms with van der Waals surface area (Å²) in [5.74, 6) is 0. The molecule has 0 aliphatic carbocycles. The molecule has 0 unspecified atom stereocenters. The van der Waals surface area contributed by atoms with Crippen LogP contribution in [0.2, 0.25) is 5.02 Å². The van der Waals surface area contributed by atoms with Crippen molar-refractivity contribution in [2.75, 3.05) is 0 Å². The highest BCUT2D eigenvalue weighted by Gasteiger charge is 2.00. The molecule has 0 fully saturated rings. The third-order valence-corrected chi connectivity index (χ3v) is 2.45. The second-order valence-electron chi connectivity index (χ2n) is 3.20. The van der Waals surface area contributed by atoms with E-state index in [1.165, 1.54) is 5.56 Å². The molecule has 0 bridgehead atoms. The maximum atomic E-state index is 5.82. The molecule has 2 rings (SSSR count). The molecule has 0 amide bonds. The first kappa shape index (κ1) is 9.22. The fraction of sp³-hybridized carbons (Fsp3) is 0.0833. The van der Waals surface area contributed by atoms with Gasteiger partial charge in [-0.2, -0.15) is 0 Å². The van der Waals surface area contributed by atoms with Crippen molar-refractivity contribution in [1.29, 1.82) is 0 Å². The van der Waals surface area contributed by atoms with Gasteiger partial charge < -0.3 is 0 Å². The van der Waals surface area contributed by atoms with Crippen molar-refractivity contribution < 1.29 is 0 Å². The lowest BCUT2D eigenvalue weighted by atomic mass is 10.0. The first-order valence-electron chi connectivity index (χ1n) is 4.44. The number of aromatic nitrogens is 1. The zero-order valence-corrected chi connectivity index (χ0v) is 8.62. The number of hydrogen-bond donors (Lipinski definition) is 0. The maximum Gasteiger partial charge on any atom is 0.0406 e. The van der Waals surface area contributed by atoms with Gasteiger partial charge in [-0.1, -0.05) is 23.7 Å². The summed E-state index contributed by atoms with van der Waals surface area (Å²) in [6.45, 7) is 2.08. The van der Waals surface area contributed by atoms with Gasteiger partial charge in [-0.25, -0.2) is 0 Å². The van der Waals surface area contributed by atoms with Crippen molar-refractivity contribution >= 4 is 11.6 Å². The normalized spacial score (nSPS) is 10.1. The van der Waals surface area contributed by atoms with E-state index >= 15 is 0 Å². The maximum absolute atomic E-state index is 5.82. The third-order valence-electron chi connectivity index (χ3n) is 2.19. The summed E-state index contributed by atoms with van der Waals surface area (Å²) in [6, 6.07) is 9.80. The van der Waals surface area contributed by atoms with Crippen LogP contribution in [-0.4, -0.2) is 4.98 Å². The molecule has 2 heteroatoms. The first-order chi connectivity index (χ1) is 6.77. The molecule has 0 saturated carbocycles. The summed E-state index contributed by atoms with van der Waals surface area (Å²) in [6.07, 6.45) is 3.67. The molecule has 0 spiro atoms. The lowest BCUT2D eigenvalue weighted by Crippen LogP contribution is -1.83. The van der Waals surface area contributed by atoms with Crippen molar-refractivity contribution in [3.8, 4) is 11.1 Å². The molecule has 1 aromatic heterocycles. The monoisotopic (exact) mass is 203 g/mol. The van der Waals surface area contributed by atoms with Gasteiger partial charge in [0.2, 0.25) is 0 Å². The number of rotatable bonds is 1. The third kappa shape index (κ3) is 1.78. The Bertz CT molecular complexity index is 434. The number of nitrogens with zero attached hydrogens (tertiary/aromatic N) is 1. The molecule has 0 atom stereocenters. The molecule has 70 valence electrons. The summed E-state index contributed by atoms with van der Waals surface area (Å²) in [5, 5.41) is 0.760. The largest absolute Gasteiger partial charge is 0.264 e. The fourth-order valence-electron chi connectivity index (χ4n) is 1.40. The van der Waals surface area contributed by atoms with Crippen molar-refractivity contribution in [3.05, 3.63) is 53.3 Å². The molecule has 1 nitrogen and oxygen atoms in total. The highest BCUT2D eigenvalue weighted by atomic mass is 35.5. The highest BCUT2D eigenvalue weighted by molar-refractivity contribution is 6.30. The van der Waals surface area contributed by atoms with Crippen molar-refractivity contribution in [2.24, 2.45) is 0 Å². The summed E-state index contributed by atoms with van der Waals surface area (Å²) in [5.41, 5.74) is 3.53. The molecule has 0 aliphatic heterocycles. The van der Waals surface area contributed by atoms with Gasteiger partial charge in [0.15, 0.2) is 0 Å². The average molecular weight is 204 g/mol. The summed E-state index contributed by atoms with van der Waals surface area (Å²) >= 11 is 5.82. The van der Waals surface area contributed by atoms with Crippen LogP contribution in [0.1, 0.15) is 5.56 Å². The molecule has 0 N–H and O–H groups in total. The van der Waals surface area contributed by atoms with Crippen LogP contribution in [0.15, 0.2) is 42.7 Å². The second kappa shape index (κ2) is 3.81. The van der Waals surface area contributed by atoms with Crippen molar-refractivity contribution in [3.63, 3.8) is 0 Å². The highest BCUT2D eigenvalue weighted by Crippen LogP contribution is 2.23. The van der Waals surface area contributed by atoms with Gasteiger partial charge in [-0.3, -0.25) is 4.98 Å². The Balaban J connectivity index is 2.50. The number of halogens is 1. The van der Waals surface area contributed by atoms with Crippen LogP contribution in [0.4, 0.5) is 0 Å². The molecule has 0 aliphatic rings. The van der Waals surface area contributed by atoms with Crippen LogP contribution in [0.25, 0.3) is 11.1 Å². The molecule has 14 heavy (non-hydrogen) atoms. The van der Waals surface area contributed by atoms with Crippen LogP contribution in [0.3, 0.4) is 0 Å². The molecular formula is C12H10ClN. The van der Waals surface area contributed by atoms with Crippen LogP contribution in [-0.2, 0) is 0 Å². The zero-order valence-electron chi connectivity index (χ0n) is 7.87. The quantitative estimate of drug-likeness (QED) is 0.689. The van der Waals surface area contributed by atoms with Crippen LogP contribution >= 0.6 is 11.6 Å². The molecule has 0 radical (unpaired) electrons. The number of benzene rings is 1. The van der Waals surface area contributed by atoms with Gasteiger partial charge in [0.25, 0.3) is 0 Å². The van der Waals surface area contributed by atoms with Gasteiger partial charge >= 0.3 is 0 Å². The van der Waals surface area contributed by atoms with Crippen LogP contribution in [0, 0.1) is 6.92 Å². The van der Waals surface area contributed by atoms with E-state index in [2.05, 4.69) is 11.9 Å². The SMILES string of the molecule is Cc1ccncc1-c1ccc(Cl)cc1. The Hall–Kier alpha value is -1.34. The number of hydrogen-bond acceptors (Lipinski definition) is 1. The predicted molar refractivity (Wildman–Crippen MR) is 59.4 cm³/mol. The average Bonchev–Trinajstić information content (AvgIpc) is 2.20. The lowest BCUT2D eigenvalue weighted by Gasteiger charge is -2.04. The Morgan fingerprint density at radius 2 is 1.79 bits per heavy atom. The van der Waals surface area contributed by atoms with E-state index in [1.54, 1.807) is 6.20 Å². The van der Waals surface area contributed by atoms with E-state index in [-0.39, 0.29) is 0 Å². The van der Waals surface area contributed by atoms with Gasteiger partial charge in [-0.05, 0) is 36.2 Å². The molecule has 0 saturated heterocycles. The molecule has 1 heterocycles. The standard InChI is InChI=1S/C12H10ClN/c1-9-6-7-14-8-12(9)10-2-4-11(13)5-3-10/h2-8H,1H3. The Morgan fingerprint density at radius 1 is 1.07 bits per heavy atom. The molecular weight excluding hydrogens is 194 g/mol. The number of pyridine rings is 1. The van der Waals surface area contributed by atoms with Crippen molar-refractivity contribution in [2.45, 2.75) is 6.92 Å². The van der Waals surface area contributed by atoms with Crippen LogP contribution < -0.4 is 0 Å². The summed E-state index contributed by atoms with van der Waals surface area (Å²) < 4.78 is 0. The van der Waals surface area contributed by atoms with E-state index < -0.39 is 0 Å². The van der Waals surface area contributed by atoms with E-state index in [0.717, 1.165) is 16.1 Å². The fourth-order valence-corrected chi connectivity index (χ4v) is 1.52. The minimum atomic E-state index is 0.760. The Labute approximate surface area is 88.4 Å². The zero-order chi connectivity index (χ0) is 9.97. The topological polar surface area (TPSA) is 12.9 Å². The second-order valence-corrected chi connectivity index (χ2v) is 3.63. The minimum absolute atomic E-state index is 0.760. The van der Waals surface area contributed by atoms with E-state index in [4.69, 9.17) is 11.6 Å². The van der Waals surface area contributed by atoms with E-state index in [0.29, 0.717) is 0 Å². The molecule has 2 aromatic rings. The van der Waals surface area contributed by atoms with Gasteiger partial charge in [-0.15, -0.1) is 0 Å². The van der Waals surface area contributed by atoms with Crippen LogP contribution in [0.5, 0.6) is 0 Å². The smallest absolute Gasteiger partial charge is 0.0406 e. The summed E-state index contributed by atoms with van der Waals surface area (Å²) in [7, 11) is 0. The predicted octanol–water partition coefficient (Wildman–Crippen LogP) is 3.71. The first-order valence-corrected chi connectivity index (χ1v) is 4.82. The van der Waals surface area contributed by atoms with Gasteiger partial charge in [0.1, 0.15) is 0 Å². The van der Waals surface area contributed by atoms with Crippen molar-refractivity contribution in [1.82, 2.24) is 4.98 Å². The van der Waals surface area contributed by atoms with E-state index in [1.807, 2.05) is 36.5 Å². The Morgan fingerprint density at radius 3 is 2.43 bits per heavy atom.